The summed E-state index contributed by atoms with van der Waals surface area (Å²) in [7, 11) is 0. The van der Waals surface area contributed by atoms with E-state index in [1.165, 1.54) is 4.88 Å². The molecule has 126 valence electrons. The van der Waals surface area contributed by atoms with Gasteiger partial charge >= 0.3 is 0 Å². The smallest absolute Gasteiger partial charge is 0.191 e. The second-order valence-corrected chi connectivity index (χ2v) is 8.41. The molecular weight excluding hydrogens is 509 g/mol. The Kier molecular flexibility index (Phi) is 7.57. The number of aromatic nitrogens is 1. The van der Waals surface area contributed by atoms with E-state index in [-0.39, 0.29) is 24.0 Å². The summed E-state index contributed by atoms with van der Waals surface area (Å²) in [4.78, 5) is 14.7. The average Bonchev–Trinajstić information content (AvgIpc) is 3.19. The summed E-state index contributed by atoms with van der Waals surface area (Å²) >= 11 is 6.92. The molecule has 1 aliphatic rings. The molecule has 1 fully saturated rings. The second-order valence-electron chi connectivity index (χ2n) is 4.98. The zero-order valence-electron chi connectivity index (χ0n) is 12.5. The van der Waals surface area contributed by atoms with Gasteiger partial charge in [-0.05, 0) is 28.1 Å². The van der Waals surface area contributed by atoms with Crippen LogP contribution in [0.5, 0.6) is 0 Å². The Bertz CT molecular complexity index is 623. The van der Waals surface area contributed by atoms with E-state index in [0.29, 0.717) is 5.96 Å². The van der Waals surface area contributed by atoms with Crippen molar-refractivity contribution in [2.75, 3.05) is 37.6 Å². The molecule has 0 radical (unpaired) electrons. The van der Waals surface area contributed by atoms with Gasteiger partial charge in [0.1, 0.15) is 0 Å². The summed E-state index contributed by atoms with van der Waals surface area (Å²) in [5, 5.41) is 3.11. The Hall–Kier alpha value is -0.390. The maximum Gasteiger partial charge on any atom is 0.191 e. The highest BCUT2D eigenvalue weighted by atomic mass is 127. The molecule has 0 spiro atoms. The van der Waals surface area contributed by atoms with Crippen LogP contribution in [0, 0.1) is 0 Å². The van der Waals surface area contributed by atoms with Crippen LogP contribution in [-0.2, 0) is 6.42 Å². The highest BCUT2D eigenvalue weighted by Crippen LogP contribution is 2.22. The summed E-state index contributed by atoms with van der Waals surface area (Å²) in [6.07, 6.45) is 2.79. The van der Waals surface area contributed by atoms with E-state index in [1.807, 2.05) is 11.6 Å². The van der Waals surface area contributed by atoms with Crippen molar-refractivity contribution in [2.24, 2.45) is 10.7 Å². The van der Waals surface area contributed by atoms with E-state index in [0.717, 1.165) is 48.1 Å². The third kappa shape index (κ3) is 5.30. The van der Waals surface area contributed by atoms with Gasteiger partial charge in [0.25, 0.3) is 0 Å². The lowest BCUT2D eigenvalue weighted by atomic mass is 10.3. The van der Waals surface area contributed by atoms with Crippen LogP contribution in [-0.4, -0.2) is 48.6 Å². The number of nitrogens with zero attached hydrogens (tertiary/aromatic N) is 4. The molecule has 3 heterocycles. The number of rotatable bonds is 4. The minimum atomic E-state index is 0. The van der Waals surface area contributed by atoms with Crippen molar-refractivity contribution < 1.29 is 0 Å². The van der Waals surface area contributed by atoms with E-state index < -0.39 is 0 Å². The molecule has 1 aliphatic heterocycles. The molecule has 23 heavy (non-hydrogen) atoms. The lowest BCUT2D eigenvalue weighted by molar-refractivity contribution is 0.380. The normalized spacial score (nSPS) is 15.6. The SMILES string of the molecule is I.NC(=NCCc1ccc(Br)s1)N1CCN(c2nccs2)CC1. The van der Waals surface area contributed by atoms with Gasteiger partial charge in [-0.3, -0.25) is 4.99 Å². The second kappa shape index (κ2) is 9.19. The largest absolute Gasteiger partial charge is 0.370 e. The Morgan fingerprint density at radius 2 is 2.09 bits per heavy atom. The zero-order chi connectivity index (χ0) is 15.4. The first-order valence-electron chi connectivity index (χ1n) is 7.16. The van der Waals surface area contributed by atoms with E-state index >= 15 is 0 Å². The van der Waals surface area contributed by atoms with Crippen LogP contribution in [0.25, 0.3) is 0 Å². The molecule has 0 unspecified atom stereocenters. The number of hydrogen-bond donors (Lipinski definition) is 1. The summed E-state index contributed by atoms with van der Waals surface area (Å²) in [6.45, 7) is 4.44. The molecule has 0 atom stereocenters. The molecular formula is C14H19BrIN5S2. The first-order chi connectivity index (χ1) is 10.7. The van der Waals surface area contributed by atoms with Gasteiger partial charge in [0.2, 0.25) is 0 Å². The fourth-order valence-corrected chi connectivity index (χ4v) is 4.53. The monoisotopic (exact) mass is 527 g/mol. The first kappa shape index (κ1) is 18.9. The number of guanidine groups is 1. The Balaban J connectivity index is 0.00000192. The number of hydrogen-bond acceptors (Lipinski definition) is 5. The lowest BCUT2D eigenvalue weighted by Gasteiger charge is -2.35. The highest BCUT2D eigenvalue weighted by Gasteiger charge is 2.19. The van der Waals surface area contributed by atoms with Crippen molar-refractivity contribution in [3.05, 3.63) is 32.4 Å². The predicted octanol–water partition coefficient (Wildman–Crippen LogP) is 3.26. The number of halogens is 2. The number of thiazole rings is 1. The first-order valence-corrected chi connectivity index (χ1v) is 9.65. The van der Waals surface area contributed by atoms with Gasteiger partial charge in [-0.2, -0.15) is 0 Å². The molecule has 2 aromatic heterocycles. The molecule has 9 heteroatoms. The van der Waals surface area contributed by atoms with Crippen molar-refractivity contribution >= 4 is 73.7 Å². The maximum atomic E-state index is 6.12. The lowest BCUT2D eigenvalue weighted by Crippen LogP contribution is -2.51. The van der Waals surface area contributed by atoms with Crippen molar-refractivity contribution in [2.45, 2.75) is 6.42 Å². The van der Waals surface area contributed by atoms with Gasteiger partial charge < -0.3 is 15.5 Å². The standard InChI is InChI=1S/C14H18BrN5S2.HI/c15-12-2-1-11(22-12)3-4-17-13(16)19-6-8-20(9-7-19)14-18-5-10-21-14;/h1-2,5,10H,3-4,6-9H2,(H2,16,17);1H. The topological polar surface area (TPSA) is 57.8 Å². The number of thiophene rings is 1. The quantitative estimate of drug-likeness (QED) is 0.376. The van der Waals surface area contributed by atoms with E-state index in [4.69, 9.17) is 5.73 Å². The molecule has 0 saturated carbocycles. The molecule has 0 bridgehead atoms. The van der Waals surface area contributed by atoms with Gasteiger partial charge in [-0.1, -0.05) is 0 Å². The van der Waals surface area contributed by atoms with Crippen LogP contribution in [0.3, 0.4) is 0 Å². The molecule has 2 N–H and O–H groups in total. The average molecular weight is 528 g/mol. The summed E-state index contributed by atoms with van der Waals surface area (Å²) in [6, 6.07) is 4.21. The molecule has 2 aromatic rings. The van der Waals surface area contributed by atoms with Crippen LogP contribution in [0.4, 0.5) is 5.13 Å². The zero-order valence-corrected chi connectivity index (χ0v) is 18.1. The number of nitrogens with two attached hydrogens (primary N) is 1. The molecule has 0 aliphatic carbocycles. The molecule has 1 saturated heterocycles. The fourth-order valence-electron chi connectivity index (χ4n) is 2.37. The van der Waals surface area contributed by atoms with Crippen LogP contribution < -0.4 is 10.6 Å². The van der Waals surface area contributed by atoms with Crippen LogP contribution in [0.1, 0.15) is 4.88 Å². The predicted molar refractivity (Wildman–Crippen MR) is 114 cm³/mol. The summed E-state index contributed by atoms with van der Waals surface area (Å²) in [5.41, 5.74) is 6.12. The van der Waals surface area contributed by atoms with E-state index in [2.05, 4.69) is 47.8 Å². The van der Waals surface area contributed by atoms with Gasteiger partial charge in [-0.25, -0.2) is 4.98 Å². The molecule has 0 aromatic carbocycles. The number of anilines is 1. The third-order valence-electron chi connectivity index (χ3n) is 3.55. The highest BCUT2D eigenvalue weighted by molar-refractivity contribution is 14.0. The van der Waals surface area contributed by atoms with Crippen LogP contribution in [0.2, 0.25) is 0 Å². The van der Waals surface area contributed by atoms with Crippen LogP contribution in [0.15, 0.2) is 32.5 Å². The van der Waals surface area contributed by atoms with Gasteiger partial charge in [0.05, 0.1) is 3.79 Å². The molecule has 3 rings (SSSR count). The van der Waals surface area contributed by atoms with Crippen molar-refractivity contribution in [1.82, 2.24) is 9.88 Å². The Morgan fingerprint density at radius 3 is 2.70 bits per heavy atom. The fraction of sp³-hybridized carbons (Fsp3) is 0.429. The maximum absolute atomic E-state index is 6.12. The van der Waals surface area contributed by atoms with Gasteiger partial charge in [0.15, 0.2) is 11.1 Å². The van der Waals surface area contributed by atoms with Gasteiger partial charge in [0, 0.05) is 55.6 Å². The Labute approximate surface area is 169 Å². The third-order valence-corrected chi connectivity index (χ3v) is 6.07. The summed E-state index contributed by atoms with van der Waals surface area (Å²) < 4.78 is 1.16. The summed E-state index contributed by atoms with van der Waals surface area (Å²) in [5.74, 6) is 0.661. The number of aliphatic imine (C=N–C) groups is 1. The molecule has 0 amide bonds. The molecule has 5 nitrogen and oxygen atoms in total. The van der Waals surface area contributed by atoms with E-state index in [9.17, 15) is 0 Å². The van der Waals surface area contributed by atoms with Crippen molar-refractivity contribution in [1.29, 1.82) is 0 Å². The number of piperazine rings is 1. The van der Waals surface area contributed by atoms with Gasteiger partial charge in [-0.15, -0.1) is 46.7 Å². The minimum Gasteiger partial charge on any atom is -0.370 e. The minimum absolute atomic E-state index is 0. The van der Waals surface area contributed by atoms with Crippen LogP contribution >= 0.6 is 62.6 Å². The van der Waals surface area contributed by atoms with Crippen molar-refractivity contribution in [3.8, 4) is 0 Å². The van der Waals surface area contributed by atoms with Crippen molar-refractivity contribution in [3.63, 3.8) is 0 Å². The Morgan fingerprint density at radius 1 is 1.30 bits per heavy atom. The van der Waals surface area contributed by atoms with E-state index in [1.54, 1.807) is 22.7 Å².